The topological polar surface area (TPSA) is 83.8 Å². The first kappa shape index (κ1) is 12.4. The molecule has 0 radical (unpaired) electrons. The predicted molar refractivity (Wildman–Crippen MR) is 78.0 cm³/mol. The van der Waals surface area contributed by atoms with E-state index in [0.29, 0.717) is 21.6 Å². The lowest BCUT2D eigenvalue weighted by Gasteiger charge is -2.02. The fourth-order valence-electron chi connectivity index (χ4n) is 2.08. The fraction of sp³-hybridized carbons (Fsp3) is 0. The number of amides is 1. The summed E-state index contributed by atoms with van der Waals surface area (Å²) in [5.41, 5.74) is 3.95. The van der Waals surface area contributed by atoms with Gasteiger partial charge < -0.3 is 4.98 Å². The summed E-state index contributed by atoms with van der Waals surface area (Å²) < 4.78 is 0.922. The SMILES string of the molecule is NNC(=O)c1cnc(Cl)c2c1[nH]c1ccc(Br)cc12. The summed E-state index contributed by atoms with van der Waals surface area (Å²) in [6, 6.07) is 5.73. The molecule has 96 valence electrons. The van der Waals surface area contributed by atoms with Crippen molar-refractivity contribution in [2.24, 2.45) is 5.84 Å². The molecule has 0 spiro atoms. The highest BCUT2D eigenvalue weighted by molar-refractivity contribution is 9.10. The molecular formula is C12H8BrClN4O. The van der Waals surface area contributed by atoms with Gasteiger partial charge in [-0.25, -0.2) is 10.8 Å². The first-order valence-electron chi connectivity index (χ1n) is 5.38. The number of nitrogens with one attached hydrogen (secondary N) is 2. The van der Waals surface area contributed by atoms with Crippen LogP contribution in [-0.4, -0.2) is 15.9 Å². The average molecular weight is 340 g/mol. The molecule has 4 N–H and O–H groups in total. The predicted octanol–water partition coefficient (Wildman–Crippen LogP) is 2.74. The lowest BCUT2D eigenvalue weighted by Crippen LogP contribution is -2.30. The summed E-state index contributed by atoms with van der Waals surface area (Å²) in [7, 11) is 0. The molecule has 0 aliphatic carbocycles. The largest absolute Gasteiger partial charge is 0.354 e. The van der Waals surface area contributed by atoms with Crippen LogP contribution in [0.5, 0.6) is 0 Å². The Hall–Kier alpha value is -1.63. The minimum absolute atomic E-state index is 0.341. The number of benzene rings is 1. The van der Waals surface area contributed by atoms with Crippen molar-refractivity contribution >= 4 is 55.2 Å². The standard InChI is InChI=1S/C12H8BrClN4O/c13-5-1-2-8-6(3-5)9-10(17-8)7(12(19)18-15)4-16-11(9)14/h1-4,17H,15H2,(H,18,19). The number of carbonyl (C=O) groups excluding carboxylic acids is 1. The van der Waals surface area contributed by atoms with E-state index in [1.54, 1.807) is 0 Å². The number of H-pyrrole nitrogens is 1. The molecule has 5 nitrogen and oxygen atoms in total. The Kier molecular flexibility index (Phi) is 2.93. The number of aromatic amines is 1. The Morgan fingerprint density at radius 1 is 1.47 bits per heavy atom. The van der Waals surface area contributed by atoms with E-state index >= 15 is 0 Å². The number of fused-ring (bicyclic) bond motifs is 3. The van der Waals surface area contributed by atoms with Crippen LogP contribution >= 0.6 is 27.5 Å². The molecule has 1 aromatic carbocycles. The minimum Gasteiger partial charge on any atom is -0.354 e. The van der Waals surface area contributed by atoms with E-state index in [1.165, 1.54) is 6.20 Å². The third-order valence-electron chi connectivity index (χ3n) is 2.92. The van der Waals surface area contributed by atoms with E-state index in [-0.39, 0.29) is 0 Å². The zero-order valence-electron chi connectivity index (χ0n) is 9.50. The Balaban J connectivity index is 2.48. The van der Waals surface area contributed by atoms with Gasteiger partial charge in [0.05, 0.1) is 11.1 Å². The molecular weight excluding hydrogens is 332 g/mol. The van der Waals surface area contributed by atoms with Crippen molar-refractivity contribution in [1.82, 2.24) is 15.4 Å². The van der Waals surface area contributed by atoms with Crippen molar-refractivity contribution in [2.45, 2.75) is 0 Å². The van der Waals surface area contributed by atoms with Gasteiger partial charge in [-0.05, 0) is 18.2 Å². The van der Waals surface area contributed by atoms with Crippen LogP contribution in [0.15, 0.2) is 28.9 Å². The minimum atomic E-state index is -0.417. The molecule has 0 saturated carbocycles. The van der Waals surface area contributed by atoms with Crippen LogP contribution in [0.25, 0.3) is 21.8 Å². The maximum absolute atomic E-state index is 11.7. The zero-order chi connectivity index (χ0) is 13.6. The number of carbonyl (C=O) groups is 1. The average Bonchev–Trinajstić information content (AvgIpc) is 2.77. The number of nitrogen functional groups attached to an aromatic ring is 1. The highest BCUT2D eigenvalue weighted by Gasteiger charge is 2.16. The molecule has 0 unspecified atom stereocenters. The smallest absolute Gasteiger partial charge is 0.268 e. The monoisotopic (exact) mass is 338 g/mol. The summed E-state index contributed by atoms with van der Waals surface area (Å²) in [5, 5.41) is 1.94. The molecule has 3 aromatic rings. The highest BCUT2D eigenvalue weighted by atomic mass is 79.9. The van der Waals surface area contributed by atoms with Gasteiger partial charge in [-0.2, -0.15) is 0 Å². The lowest BCUT2D eigenvalue weighted by molar-refractivity contribution is 0.0955. The van der Waals surface area contributed by atoms with Gasteiger partial charge in [-0.1, -0.05) is 27.5 Å². The maximum atomic E-state index is 11.7. The highest BCUT2D eigenvalue weighted by Crippen LogP contribution is 2.33. The van der Waals surface area contributed by atoms with Gasteiger partial charge in [0.25, 0.3) is 5.91 Å². The summed E-state index contributed by atoms with van der Waals surface area (Å²) in [6.45, 7) is 0. The van der Waals surface area contributed by atoms with Gasteiger partial charge >= 0.3 is 0 Å². The maximum Gasteiger partial charge on any atom is 0.268 e. The molecule has 0 aliphatic rings. The number of nitrogens with zero attached hydrogens (tertiary/aromatic N) is 1. The molecule has 0 saturated heterocycles. The van der Waals surface area contributed by atoms with E-state index in [4.69, 9.17) is 17.4 Å². The van der Waals surface area contributed by atoms with Crippen LogP contribution in [0.1, 0.15) is 10.4 Å². The van der Waals surface area contributed by atoms with Crippen molar-refractivity contribution in [3.8, 4) is 0 Å². The third-order valence-corrected chi connectivity index (χ3v) is 3.70. The van der Waals surface area contributed by atoms with Crippen LogP contribution in [0, 0.1) is 0 Å². The molecule has 0 aliphatic heterocycles. The molecule has 3 rings (SSSR count). The van der Waals surface area contributed by atoms with Gasteiger partial charge in [0.15, 0.2) is 0 Å². The second-order valence-electron chi connectivity index (χ2n) is 4.00. The van der Waals surface area contributed by atoms with Gasteiger partial charge in [-0.3, -0.25) is 10.2 Å². The summed E-state index contributed by atoms with van der Waals surface area (Å²) in [5.74, 6) is 4.75. The van der Waals surface area contributed by atoms with Crippen molar-refractivity contribution in [2.75, 3.05) is 0 Å². The lowest BCUT2D eigenvalue weighted by atomic mass is 10.1. The number of nitrogens with two attached hydrogens (primary N) is 1. The number of halogens is 2. The summed E-state index contributed by atoms with van der Waals surface area (Å²) in [6.07, 6.45) is 1.40. The van der Waals surface area contributed by atoms with Crippen LogP contribution in [-0.2, 0) is 0 Å². The number of hydrogen-bond acceptors (Lipinski definition) is 3. The second kappa shape index (κ2) is 4.48. The van der Waals surface area contributed by atoms with Gasteiger partial charge in [-0.15, -0.1) is 0 Å². The summed E-state index contributed by atoms with van der Waals surface area (Å²) >= 11 is 9.55. The van der Waals surface area contributed by atoms with Crippen molar-refractivity contribution in [1.29, 1.82) is 0 Å². The molecule has 1 amide bonds. The molecule has 0 bridgehead atoms. The zero-order valence-corrected chi connectivity index (χ0v) is 11.8. The normalized spacial score (nSPS) is 11.1. The van der Waals surface area contributed by atoms with E-state index in [1.807, 2.05) is 18.2 Å². The quantitative estimate of drug-likeness (QED) is 0.276. The van der Waals surface area contributed by atoms with Crippen LogP contribution in [0.3, 0.4) is 0 Å². The Bertz CT molecular complexity index is 814. The first-order valence-corrected chi connectivity index (χ1v) is 6.55. The van der Waals surface area contributed by atoms with Gasteiger partial charge in [0, 0.05) is 27.0 Å². The van der Waals surface area contributed by atoms with E-state index in [9.17, 15) is 4.79 Å². The molecule has 2 aromatic heterocycles. The Morgan fingerprint density at radius 3 is 3.00 bits per heavy atom. The number of rotatable bonds is 1. The Morgan fingerprint density at radius 2 is 2.26 bits per heavy atom. The molecule has 2 heterocycles. The molecule has 19 heavy (non-hydrogen) atoms. The van der Waals surface area contributed by atoms with Crippen molar-refractivity contribution in [3.63, 3.8) is 0 Å². The van der Waals surface area contributed by atoms with Crippen molar-refractivity contribution in [3.05, 3.63) is 39.6 Å². The molecule has 7 heteroatoms. The van der Waals surface area contributed by atoms with Crippen LogP contribution < -0.4 is 11.3 Å². The number of hydrazine groups is 1. The van der Waals surface area contributed by atoms with Gasteiger partial charge in [0.1, 0.15) is 5.15 Å². The van der Waals surface area contributed by atoms with Crippen molar-refractivity contribution < 1.29 is 4.79 Å². The second-order valence-corrected chi connectivity index (χ2v) is 5.27. The van der Waals surface area contributed by atoms with Crippen LogP contribution in [0.2, 0.25) is 5.15 Å². The number of pyridine rings is 1. The number of aromatic nitrogens is 2. The number of hydrogen-bond donors (Lipinski definition) is 3. The molecule has 0 atom stereocenters. The van der Waals surface area contributed by atoms with E-state index < -0.39 is 5.91 Å². The van der Waals surface area contributed by atoms with Crippen LogP contribution in [0.4, 0.5) is 0 Å². The summed E-state index contributed by atoms with van der Waals surface area (Å²) in [4.78, 5) is 18.9. The third kappa shape index (κ3) is 1.88. The van der Waals surface area contributed by atoms with E-state index in [2.05, 4.69) is 31.3 Å². The molecule has 0 fully saturated rings. The Labute approximate surface area is 121 Å². The van der Waals surface area contributed by atoms with Gasteiger partial charge in [0.2, 0.25) is 0 Å². The first-order chi connectivity index (χ1) is 9.11. The fourth-order valence-corrected chi connectivity index (χ4v) is 2.69. The van der Waals surface area contributed by atoms with E-state index in [0.717, 1.165) is 15.4 Å².